The van der Waals surface area contributed by atoms with Crippen LogP contribution < -0.4 is 4.90 Å². The van der Waals surface area contributed by atoms with E-state index in [1.165, 1.54) is 6.07 Å². The van der Waals surface area contributed by atoms with Crippen LogP contribution in [-0.4, -0.2) is 25.0 Å². The number of hydrogen-bond acceptors (Lipinski definition) is 2. The number of halogens is 4. The molecular formula is C12H11F4NO. The van der Waals surface area contributed by atoms with Crippen LogP contribution in [0.3, 0.4) is 0 Å². The van der Waals surface area contributed by atoms with Crippen molar-refractivity contribution in [2.45, 2.75) is 25.1 Å². The second-order valence-electron chi connectivity index (χ2n) is 4.30. The molecule has 0 aromatic heterocycles. The van der Waals surface area contributed by atoms with Gasteiger partial charge in [0.2, 0.25) is 0 Å². The van der Waals surface area contributed by atoms with Gasteiger partial charge in [-0.05, 0) is 31.0 Å². The second-order valence-corrected chi connectivity index (χ2v) is 4.30. The van der Waals surface area contributed by atoms with Gasteiger partial charge in [-0.3, -0.25) is 4.79 Å². The third kappa shape index (κ3) is 3.00. The van der Waals surface area contributed by atoms with Gasteiger partial charge in [-0.2, -0.15) is 13.2 Å². The molecule has 18 heavy (non-hydrogen) atoms. The third-order valence-electron chi connectivity index (χ3n) is 2.76. The zero-order valence-corrected chi connectivity index (χ0v) is 9.38. The summed E-state index contributed by atoms with van der Waals surface area (Å²) in [5, 5.41) is 0. The molecule has 2 nitrogen and oxygen atoms in total. The van der Waals surface area contributed by atoms with Crippen molar-refractivity contribution >= 4 is 12.0 Å². The fourth-order valence-corrected chi connectivity index (χ4v) is 1.87. The Morgan fingerprint density at radius 3 is 2.50 bits per heavy atom. The molecule has 0 saturated heterocycles. The molecular weight excluding hydrogens is 250 g/mol. The number of hydrogen-bond donors (Lipinski definition) is 0. The summed E-state index contributed by atoms with van der Waals surface area (Å²) in [5.74, 6) is -0.636. The highest BCUT2D eigenvalue weighted by Gasteiger charge is 2.38. The van der Waals surface area contributed by atoms with Crippen molar-refractivity contribution in [1.29, 1.82) is 0 Å². The van der Waals surface area contributed by atoms with E-state index in [2.05, 4.69) is 0 Å². The van der Waals surface area contributed by atoms with E-state index in [9.17, 15) is 22.4 Å². The lowest BCUT2D eigenvalue weighted by molar-refractivity contribution is -0.120. The maximum absolute atomic E-state index is 13.0. The molecule has 1 aliphatic carbocycles. The number of alkyl halides is 3. The fourth-order valence-electron chi connectivity index (χ4n) is 1.87. The van der Waals surface area contributed by atoms with Gasteiger partial charge < -0.3 is 4.90 Å². The summed E-state index contributed by atoms with van der Waals surface area (Å²) in [7, 11) is 0. The molecule has 1 saturated carbocycles. The molecule has 1 aromatic rings. The zero-order valence-electron chi connectivity index (χ0n) is 9.38. The molecule has 0 spiro atoms. The molecule has 1 aliphatic rings. The highest BCUT2D eigenvalue weighted by Crippen LogP contribution is 2.35. The summed E-state index contributed by atoms with van der Waals surface area (Å²) >= 11 is 0. The standard InChI is InChI=1S/C12H11F4NO/c13-9-1-4-11(8(5-9)6-18)17(10-2-3-10)7-12(14,15)16/h1,4-6,10H,2-3,7H2. The Kier molecular flexibility index (Phi) is 3.28. The lowest BCUT2D eigenvalue weighted by Crippen LogP contribution is -2.36. The SMILES string of the molecule is O=Cc1cc(F)ccc1N(CC(F)(F)F)C1CC1. The Labute approximate surface area is 101 Å². The van der Waals surface area contributed by atoms with E-state index >= 15 is 0 Å². The van der Waals surface area contributed by atoms with E-state index in [0.717, 1.165) is 17.0 Å². The van der Waals surface area contributed by atoms with Crippen LogP contribution >= 0.6 is 0 Å². The summed E-state index contributed by atoms with van der Waals surface area (Å²) in [6, 6.07) is 3.03. The average molecular weight is 261 g/mol. The summed E-state index contributed by atoms with van der Waals surface area (Å²) in [6.45, 7) is -1.12. The Hall–Kier alpha value is -1.59. The van der Waals surface area contributed by atoms with Crippen molar-refractivity contribution in [2.75, 3.05) is 11.4 Å². The highest BCUT2D eigenvalue weighted by atomic mass is 19.4. The lowest BCUT2D eigenvalue weighted by Gasteiger charge is -2.27. The van der Waals surface area contributed by atoms with Crippen LogP contribution in [0.15, 0.2) is 18.2 Å². The molecule has 0 atom stereocenters. The first-order valence-electron chi connectivity index (χ1n) is 5.49. The number of carbonyl (C=O) groups excluding carboxylic acids is 1. The quantitative estimate of drug-likeness (QED) is 0.613. The molecule has 0 aliphatic heterocycles. The summed E-state index contributed by atoms with van der Waals surface area (Å²) in [4.78, 5) is 11.9. The van der Waals surface area contributed by atoms with Crippen LogP contribution in [0.2, 0.25) is 0 Å². The van der Waals surface area contributed by atoms with Gasteiger partial charge in [0.05, 0.1) is 0 Å². The Morgan fingerprint density at radius 2 is 2.00 bits per heavy atom. The Bertz CT molecular complexity index is 454. The highest BCUT2D eigenvalue weighted by molar-refractivity contribution is 5.84. The minimum absolute atomic E-state index is 0.0499. The van der Waals surface area contributed by atoms with Crippen molar-refractivity contribution < 1.29 is 22.4 Å². The predicted octanol–water partition coefficient (Wildman–Crippen LogP) is 3.17. The van der Waals surface area contributed by atoms with Crippen LogP contribution in [0.1, 0.15) is 23.2 Å². The van der Waals surface area contributed by atoms with Crippen LogP contribution in [0, 0.1) is 5.82 Å². The average Bonchev–Trinajstić information content (AvgIpc) is 3.08. The van der Waals surface area contributed by atoms with Crippen molar-refractivity contribution in [3.63, 3.8) is 0 Å². The second kappa shape index (κ2) is 4.59. The molecule has 0 unspecified atom stereocenters. The van der Waals surface area contributed by atoms with Gasteiger partial charge in [-0.25, -0.2) is 4.39 Å². The molecule has 0 N–H and O–H groups in total. The molecule has 1 fully saturated rings. The van der Waals surface area contributed by atoms with E-state index in [1.807, 2.05) is 0 Å². The lowest BCUT2D eigenvalue weighted by atomic mass is 10.1. The maximum Gasteiger partial charge on any atom is 0.405 e. The predicted molar refractivity (Wildman–Crippen MR) is 58.2 cm³/mol. The smallest absolute Gasteiger partial charge is 0.359 e. The maximum atomic E-state index is 13.0. The van der Waals surface area contributed by atoms with Gasteiger partial charge in [-0.15, -0.1) is 0 Å². The molecule has 1 aromatic carbocycles. The molecule has 0 amide bonds. The Balaban J connectivity index is 2.33. The summed E-state index contributed by atoms with van der Waals surface area (Å²) in [5.41, 5.74) is 0.0948. The van der Waals surface area contributed by atoms with E-state index < -0.39 is 18.5 Å². The van der Waals surface area contributed by atoms with E-state index in [4.69, 9.17) is 0 Å². The van der Waals surface area contributed by atoms with Gasteiger partial charge in [0.15, 0.2) is 6.29 Å². The van der Waals surface area contributed by atoms with Gasteiger partial charge in [-0.1, -0.05) is 0 Å². The first kappa shape index (κ1) is 12.9. The number of nitrogens with zero attached hydrogens (tertiary/aromatic N) is 1. The number of carbonyl (C=O) groups is 1. The first-order valence-corrected chi connectivity index (χ1v) is 5.49. The minimum atomic E-state index is -4.35. The topological polar surface area (TPSA) is 20.3 Å². The molecule has 98 valence electrons. The van der Waals surface area contributed by atoms with Crippen molar-refractivity contribution in [3.8, 4) is 0 Å². The van der Waals surface area contributed by atoms with Crippen molar-refractivity contribution in [1.82, 2.24) is 0 Å². The summed E-state index contributed by atoms with van der Waals surface area (Å²) in [6.07, 6.45) is -2.65. The minimum Gasteiger partial charge on any atom is -0.359 e. The largest absolute Gasteiger partial charge is 0.405 e. The zero-order chi connectivity index (χ0) is 13.3. The van der Waals surface area contributed by atoms with E-state index in [0.29, 0.717) is 19.1 Å². The summed E-state index contributed by atoms with van der Waals surface area (Å²) < 4.78 is 50.4. The Morgan fingerprint density at radius 1 is 1.33 bits per heavy atom. The molecule has 6 heteroatoms. The van der Waals surface area contributed by atoms with Crippen molar-refractivity contribution in [3.05, 3.63) is 29.6 Å². The van der Waals surface area contributed by atoms with Gasteiger partial charge in [0.25, 0.3) is 0 Å². The molecule has 0 bridgehead atoms. The fraction of sp³-hybridized carbons (Fsp3) is 0.417. The van der Waals surface area contributed by atoms with Crippen LogP contribution in [0.4, 0.5) is 23.2 Å². The van der Waals surface area contributed by atoms with Crippen LogP contribution in [0.25, 0.3) is 0 Å². The molecule has 2 rings (SSSR count). The van der Waals surface area contributed by atoms with Gasteiger partial charge in [0.1, 0.15) is 12.4 Å². The molecule has 0 heterocycles. The van der Waals surface area contributed by atoms with Gasteiger partial charge >= 0.3 is 6.18 Å². The third-order valence-corrected chi connectivity index (χ3v) is 2.76. The van der Waals surface area contributed by atoms with Crippen molar-refractivity contribution in [2.24, 2.45) is 0 Å². The number of benzene rings is 1. The van der Waals surface area contributed by atoms with Crippen LogP contribution in [-0.2, 0) is 0 Å². The van der Waals surface area contributed by atoms with E-state index in [-0.39, 0.29) is 17.3 Å². The van der Waals surface area contributed by atoms with E-state index in [1.54, 1.807) is 0 Å². The number of anilines is 1. The first-order chi connectivity index (χ1) is 8.40. The van der Waals surface area contributed by atoms with Crippen LogP contribution in [0.5, 0.6) is 0 Å². The number of aldehydes is 1. The number of rotatable bonds is 4. The van der Waals surface area contributed by atoms with Gasteiger partial charge in [0, 0.05) is 17.3 Å². The normalized spacial score (nSPS) is 15.6. The molecule has 0 radical (unpaired) electrons. The monoisotopic (exact) mass is 261 g/mol.